The Balaban J connectivity index is 0.000000153. The molecule has 0 saturated heterocycles. The van der Waals surface area contributed by atoms with Gasteiger partial charge in [-0.3, -0.25) is 0 Å². The summed E-state index contributed by atoms with van der Waals surface area (Å²) in [7, 11) is 4.14. The van der Waals surface area contributed by atoms with Crippen molar-refractivity contribution in [3.8, 4) is 0 Å². The van der Waals surface area contributed by atoms with Gasteiger partial charge in [0, 0.05) is 54.2 Å². The van der Waals surface area contributed by atoms with Gasteiger partial charge in [0.15, 0.2) is 0 Å². The van der Waals surface area contributed by atoms with E-state index in [-0.39, 0.29) is 20.1 Å². The number of hydrogen-bond acceptors (Lipinski definition) is 6. The van der Waals surface area contributed by atoms with Crippen LogP contribution in [0.3, 0.4) is 0 Å². The van der Waals surface area contributed by atoms with Gasteiger partial charge in [-0.25, -0.2) is 0 Å². The zero-order valence-electron chi connectivity index (χ0n) is 27.5. The van der Waals surface area contributed by atoms with E-state index in [1.54, 1.807) is 0 Å². The SMILES string of the molecule is CN1[CH-]N(c2[c-]c(N3[CH-]N(C)c4ccccc43)ccc2)c2ccccc21.Cc1c[c-]c(N2[CH-]N(c3[c-]cccc3)c3ccccc32)cc1.[Ir]. The van der Waals surface area contributed by atoms with Crippen LogP contribution in [0, 0.1) is 45.1 Å². The fraction of sp³-hybridized carbons (Fsp3) is 0.0714. The molecule has 1 radical (unpaired) electrons. The predicted octanol–water partition coefficient (Wildman–Crippen LogP) is 9.90. The summed E-state index contributed by atoms with van der Waals surface area (Å²) in [5.74, 6) is 0. The van der Waals surface area contributed by atoms with Gasteiger partial charge in [0.25, 0.3) is 0 Å². The number of hydrogen-bond donors (Lipinski definition) is 0. The summed E-state index contributed by atoms with van der Waals surface area (Å²) in [6, 6.07) is 56.0. The van der Waals surface area contributed by atoms with E-state index in [2.05, 4.69) is 198 Å². The van der Waals surface area contributed by atoms with Crippen LogP contribution in [0.5, 0.6) is 0 Å². The van der Waals surface area contributed by atoms with Crippen molar-refractivity contribution in [2.45, 2.75) is 6.92 Å². The maximum atomic E-state index is 3.59. The van der Waals surface area contributed by atoms with Gasteiger partial charge in [-0.05, 0) is 50.5 Å². The van der Waals surface area contributed by atoms with Crippen molar-refractivity contribution in [3.05, 3.63) is 177 Å². The molecule has 3 aliphatic rings. The number of fused-ring (bicyclic) bond motifs is 3. The number of rotatable bonds is 4. The second-order valence-corrected chi connectivity index (χ2v) is 11.9. The van der Waals surface area contributed by atoms with Gasteiger partial charge in [-0.2, -0.15) is 73.5 Å². The van der Waals surface area contributed by atoms with Gasteiger partial charge in [-0.15, -0.1) is 53.7 Å². The van der Waals surface area contributed by atoms with Crippen LogP contribution in [0.4, 0.5) is 56.9 Å². The first-order chi connectivity index (χ1) is 23.5. The molecule has 0 fully saturated rings. The normalized spacial score (nSPS) is 14.2. The molecular weight excluding hydrogens is 781 g/mol. The standard InChI is InChI=1S/C22H19N4.C20H15N2.Ir/c1-23-15-25(21-12-5-3-10-19(21)23)17-8-7-9-18(14-17)26-16-24(2)20-11-4-6-13-22(20)26;1-16-11-13-18(14-12-16)22-15-21(17-7-3-2-4-8-17)19-9-5-6-10-20(19)22;/h3-13,15-16H,1-2H3;2-7,9-13,15H,1H3;/q2*-3;. The quantitative estimate of drug-likeness (QED) is 0.164. The Hall–Kier alpha value is -5.23. The van der Waals surface area contributed by atoms with E-state index < -0.39 is 0 Å². The van der Waals surface area contributed by atoms with Crippen molar-refractivity contribution in [1.29, 1.82) is 0 Å². The molecular formula is C42H34IrN6-6. The van der Waals surface area contributed by atoms with Crippen LogP contribution in [0.15, 0.2) is 133 Å². The van der Waals surface area contributed by atoms with E-state index >= 15 is 0 Å². The summed E-state index contributed by atoms with van der Waals surface area (Å²) in [5, 5.41) is 0. The molecule has 3 heterocycles. The summed E-state index contributed by atoms with van der Waals surface area (Å²) >= 11 is 0. The van der Waals surface area contributed by atoms with Crippen molar-refractivity contribution in [2.75, 3.05) is 43.5 Å². The third-order valence-electron chi connectivity index (χ3n) is 8.70. The second kappa shape index (κ2) is 13.7. The number of aryl methyl sites for hydroxylation is 1. The number of benzene rings is 6. The fourth-order valence-electron chi connectivity index (χ4n) is 6.31. The predicted molar refractivity (Wildman–Crippen MR) is 198 cm³/mol. The van der Waals surface area contributed by atoms with Gasteiger partial charge in [0.05, 0.1) is 0 Å². The molecule has 49 heavy (non-hydrogen) atoms. The minimum absolute atomic E-state index is 0. The first-order valence-electron chi connectivity index (χ1n) is 16.0. The van der Waals surface area contributed by atoms with Crippen LogP contribution < -0.4 is 29.4 Å². The van der Waals surface area contributed by atoms with E-state index in [0.29, 0.717) is 0 Å². The zero-order chi connectivity index (χ0) is 32.6. The molecule has 3 aliphatic heterocycles. The molecule has 247 valence electrons. The molecule has 6 aromatic carbocycles. The summed E-state index contributed by atoms with van der Waals surface area (Å²) in [6.45, 7) is 8.38. The average Bonchev–Trinajstić information content (AvgIpc) is 3.81. The molecule has 0 bridgehead atoms. The molecule has 0 spiro atoms. The first kappa shape index (κ1) is 32.3. The van der Waals surface area contributed by atoms with Crippen molar-refractivity contribution < 1.29 is 20.1 Å². The average molecular weight is 815 g/mol. The topological polar surface area (TPSA) is 19.4 Å². The molecule has 9 rings (SSSR count). The monoisotopic (exact) mass is 815 g/mol. The van der Waals surface area contributed by atoms with E-state index in [9.17, 15) is 0 Å². The Morgan fingerprint density at radius 3 is 1.33 bits per heavy atom. The van der Waals surface area contributed by atoms with Crippen LogP contribution in [0.25, 0.3) is 0 Å². The fourth-order valence-corrected chi connectivity index (χ4v) is 6.31. The molecule has 0 amide bonds. The van der Waals surface area contributed by atoms with E-state index in [1.165, 1.54) is 28.3 Å². The van der Waals surface area contributed by atoms with Gasteiger partial charge in [0.2, 0.25) is 0 Å². The molecule has 0 atom stereocenters. The maximum absolute atomic E-state index is 3.59. The Kier molecular flexibility index (Phi) is 9.05. The largest absolute Gasteiger partial charge is 0.504 e. The summed E-state index contributed by atoms with van der Waals surface area (Å²) < 4.78 is 0. The molecule has 0 unspecified atom stereocenters. The molecule has 0 saturated carbocycles. The van der Waals surface area contributed by atoms with Gasteiger partial charge in [-0.1, -0.05) is 43.3 Å². The van der Waals surface area contributed by atoms with Crippen LogP contribution in [0.2, 0.25) is 0 Å². The Bertz CT molecular complexity index is 1970. The summed E-state index contributed by atoms with van der Waals surface area (Å²) in [6.07, 6.45) is 0. The number of nitrogens with zero attached hydrogens (tertiary/aromatic N) is 6. The minimum atomic E-state index is 0. The summed E-state index contributed by atoms with van der Waals surface area (Å²) in [4.78, 5) is 13.0. The van der Waals surface area contributed by atoms with Gasteiger partial charge in [0.1, 0.15) is 0 Å². The van der Waals surface area contributed by atoms with Crippen molar-refractivity contribution >= 4 is 56.9 Å². The zero-order valence-corrected chi connectivity index (χ0v) is 29.8. The Morgan fingerprint density at radius 1 is 0.429 bits per heavy atom. The molecule has 6 aromatic rings. The molecule has 0 aromatic heterocycles. The Labute approximate surface area is 303 Å². The van der Waals surface area contributed by atoms with Crippen LogP contribution in [0.1, 0.15) is 5.56 Å². The maximum Gasteiger partial charge on any atom is 0.0329 e. The van der Waals surface area contributed by atoms with E-state index in [4.69, 9.17) is 0 Å². The van der Waals surface area contributed by atoms with Crippen molar-refractivity contribution in [2.24, 2.45) is 0 Å². The van der Waals surface area contributed by atoms with Crippen LogP contribution >= 0.6 is 0 Å². The molecule has 0 N–H and O–H groups in total. The van der Waals surface area contributed by atoms with E-state index in [0.717, 1.165) is 34.1 Å². The molecule has 7 heteroatoms. The van der Waals surface area contributed by atoms with Crippen LogP contribution in [-0.4, -0.2) is 14.1 Å². The van der Waals surface area contributed by atoms with Crippen LogP contribution in [-0.2, 0) is 20.1 Å². The van der Waals surface area contributed by atoms with Gasteiger partial charge < -0.3 is 29.4 Å². The third-order valence-corrected chi connectivity index (χ3v) is 8.70. The Morgan fingerprint density at radius 2 is 0.857 bits per heavy atom. The first-order valence-corrected chi connectivity index (χ1v) is 16.0. The van der Waals surface area contributed by atoms with Crippen molar-refractivity contribution in [1.82, 2.24) is 0 Å². The number of para-hydroxylation sites is 7. The number of anilines is 10. The summed E-state index contributed by atoms with van der Waals surface area (Å²) in [5.41, 5.74) is 12.4. The van der Waals surface area contributed by atoms with E-state index in [1.807, 2.05) is 24.3 Å². The minimum Gasteiger partial charge on any atom is -0.504 e. The molecule has 0 aliphatic carbocycles. The van der Waals surface area contributed by atoms with Gasteiger partial charge >= 0.3 is 0 Å². The smallest absolute Gasteiger partial charge is 0.0329 e. The molecule has 6 nitrogen and oxygen atoms in total. The van der Waals surface area contributed by atoms with Crippen molar-refractivity contribution in [3.63, 3.8) is 0 Å². The second-order valence-electron chi connectivity index (χ2n) is 11.9. The third kappa shape index (κ3) is 6.12.